The summed E-state index contributed by atoms with van der Waals surface area (Å²) in [5.41, 5.74) is 0.312. The fraction of sp³-hybridized carbons (Fsp3) is 0.474. The maximum Gasteiger partial charge on any atom is 0.257 e. The van der Waals surface area contributed by atoms with E-state index in [1.807, 2.05) is 12.4 Å². The molecule has 0 radical (unpaired) electrons. The number of imidazole rings is 1. The number of hydrogen-bond acceptors (Lipinski definition) is 3. The third-order valence-electron chi connectivity index (χ3n) is 4.84. The Morgan fingerprint density at radius 3 is 2.80 bits per heavy atom. The number of phenolic OH excluding ortho intramolecular Hbond substituents is 1. The molecule has 1 fully saturated rings. The van der Waals surface area contributed by atoms with Crippen LogP contribution in [-0.2, 0) is 6.54 Å². The number of aryl methyl sites for hydroxylation is 1. The topological polar surface area (TPSA) is 58.4 Å². The van der Waals surface area contributed by atoms with Gasteiger partial charge in [-0.05, 0) is 37.5 Å². The van der Waals surface area contributed by atoms with Gasteiger partial charge < -0.3 is 14.6 Å². The lowest BCUT2D eigenvalue weighted by molar-refractivity contribution is 0.0707. The summed E-state index contributed by atoms with van der Waals surface area (Å²) in [5, 5.41) is 10.4. The van der Waals surface area contributed by atoms with E-state index in [4.69, 9.17) is 11.6 Å². The molecule has 0 aliphatic carbocycles. The molecule has 6 heteroatoms. The first kappa shape index (κ1) is 17.8. The number of carbonyl (C=O) groups is 1. The van der Waals surface area contributed by atoms with Gasteiger partial charge in [-0.25, -0.2) is 4.98 Å². The van der Waals surface area contributed by atoms with Crippen LogP contribution in [0.1, 0.15) is 54.7 Å². The van der Waals surface area contributed by atoms with Gasteiger partial charge in [-0.3, -0.25) is 4.79 Å². The highest BCUT2D eigenvalue weighted by Crippen LogP contribution is 2.29. The van der Waals surface area contributed by atoms with E-state index in [9.17, 15) is 9.90 Å². The fourth-order valence-electron chi connectivity index (χ4n) is 3.39. The lowest BCUT2D eigenvalue weighted by Gasteiger charge is -2.32. The number of halogens is 1. The number of unbranched alkanes of at least 4 members (excludes halogenated alkanes) is 1. The summed E-state index contributed by atoms with van der Waals surface area (Å²) in [6.45, 7) is 4.54. The highest BCUT2D eigenvalue weighted by atomic mass is 35.5. The molecule has 1 N–H and O–H groups in total. The van der Waals surface area contributed by atoms with Crippen molar-refractivity contribution in [2.75, 3.05) is 13.1 Å². The van der Waals surface area contributed by atoms with Gasteiger partial charge in [0.25, 0.3) is 5.91 Å². The third kappa shape index (κ3) is 3.98. The Hall–Kier alpha value is -2.01. The quantitative estimate of drug-likeness (QED) is 0.873. The van der Waals surface area contributed by atoms with Crippen molar-refractivity contribution in [3.8, 4) is 5.75 Å². The van der Waals surface area contributed by atoms with Crippen LogP contribution in [0.5, 0.6) is 5.75 Å². The summed E-state index contributed by atoms with van der Waals surface area (Å²) < 4.78 is 2.25. The van der Waals surface area contributed by atoms with E-state index in [0.717, 1.165) is 38.1 Å². The van der Waals surface area contributed by atoms with Gasteiger partial charge in [0, 0.05) is 43.0 Å². The van der Waals surface area contributed by atoms with Crippen molar-refractivity contribution in [1.82, 2.24) is 14.5 Å². The number of rotatable bonds is 5. The van der Waals surface area contributed by atoms with Gasteiger partial charge in [0.15, 0.2) is 0 Å². The van der Waals surface area contributed by atoms with Crippen LogP contribution in [0.3, 0.4) is 0 Å². The molecule has 5 nitrogen and oxygen atoms in total. The number of phenols is 1. The predicted molar refractivity (Wildman–Crippen MR) is 98.1 cm³/mol. The van der Waals surface area contributed by atoms with E-state index in [1.165, 1.54) is 6.07 Å². The maximum atomic E-state index is 12.6. The molecule has 2 heterocycles. The Kier molecular flexibility index (Phi) is 5.63. The molecule has 3 rings (SSSR count). The molecule has 0 spiro atoms. The molecule has 0 saturated carbocycles. The smallest absolute Gasteiger partial charge is 0.257 e. The molecule has 1 aliphatic heterocycles. The number of benzene rings is 1. The molecular formula is C19H24ClN3O2. The Balaban J connectivity index is 1.64. The zero-order valence-electron chi connectivity index (χ0n) is 14.5. The molecule has 1 aromatic carbocycles. The molecule has 1 aromatic heterocycles. The van der Waals surface area contributed by atoms with Crippen molar-refractivity contribution in [2.45, 2.75) is 45.1 Å². The van der Waals surface area contributed by atoms with Crippen LogP contribution >= 0.6 is 11.6 Å². The third-order valence-corrected chi connectivity index (χ3v) is 5.07. The van der Waals surface area contributed by atoms with E-state index in [0.29, 0.717) is 29.6 Å². The number of aromatic hydroxyl groups is 1. The molecule has 0 unspecified atom stereocenters. The van der Waals surface area contributed by atoms with Gasteiger partial charge >= 0.3 is 0 Å². The second kappa shape index (κ2) is 7.91. The normalized spacial score (nSPS) is 15.5. The number of piperidine rings is 1. The van der Waals surface area contributed by atoms with Crippen molar-refractivity contribution in [2.24, 2.45) is 0 Å². The average molecular weight is 362 g/mol. The summed E-state index contributed by atoms with van der Waals surface area (Å²) in [4.78, 5) is 19.0. The monoisotopic (exact) mass is 361 g/mol. The Morgan fingerprint density at radius 1 is 1.36 bits per heavy atom. The van der Waals surface area contributed by atoms with E-state index < -0.39 is 0 Å². The lowest BCUT2D eigenvalue weighted by Crippen LogP contribution is -2.38. The van der Waals surface area contributed by atoms with E-state index in [2.05, 4.69) is 16.5 Å². The lowest BCUT2D eigenvalue weighted by atomic mass is 9.95. The molecule has 1 saturated heterocycles. The highest BCUT2D eigenvalue weighted by molar-refractivity contribution is 6.30. The first-order valence-electron chi connectivity index (χ1n) is 8.89. The highest BCUT2D eigenvalue weighted by Gasteiger charge is 2.27. The molecule has 1 amide bonds. The van der Waals surface area contributed by atoms with Gasteiger partial charge in [0.1, 0.15) is 11.6 Å². The first-order valence-corrected chi connectivity index (χ1v) is 9.26. The van der Waals surface area contributed by atoms with E-state index >= 15 is 0 Å². The van der Waals surface area contributed by atoms with Crippen LogP contribution in [0.25, 0.3) is 0 Å². The number of hydrogen-bond donors (Lipinski definition) is 1. The Labute approximate surface area is 153 Å². The summed E-state index contributed by atoms with van der Waals surface area (Å²) in [6.07, 6.45) is 8.01. The van der Waals surface area contributed by atoms with Crippen LogP contribution in [-0.4, -0.2) is 38.6 Å². The van der Waals surface area contributed by atoms with Crippen molar-refractivity contribution in [1.29, 1.82) is 0 Å². The van der Waals surface area contributed by atoms with Gasteiger partial charge in [-0.15, -0.1) is 0 Å². The van der Waals surface area contributed by atoms with Gasteiger partial charge in [-0.2, -0.15) is 0 Å². The van der Waals surface area contributed by atoms with Gasteiger partial charge in [0.2, 0.25) is 0 Å². The molecule has 134 valence electrons. The molecule has 0 atom stereocenters. The molecule has 1 aliphatic rings. The van der Waals surface area contributed by atoms with E-state index in [1.54, 1.807) is 17.0 Å². The molecule has 0 bridgehead atoms. The number of likely N-dealkylation sites (tertiary alicyclic amines) is 1. The second-order valence-electron chi connectivity index (χ2n) is 6.56. The molecule has 2 aromatic rings. The Morgan fingerprint density at radius 2 is 2.12 bits per heavy atom. The molecular weight excluding hydrogens is 338 g/mol. The van der Waals surface area contributed by atoms with Crippen LogP contribution in [0, 0.1) is 0 Å². The second-order valence-corrected chi connectivity index (χ2v) is 7.00. The standard InChI is InChI=1S/C19H24ClN3O2/c1-2-3-9-22-12-8-21-18(22)14-6-10-23(11-7-14)19(25)16-5-4-15(20)13-17(16)24/h4-5,8,12-14,24H,2-3,6-7,9-11H2,1H3. The minimum Gasteiger partial charge on any atom is -0.507 e. The zero-order valence-corrected chi connectivity index (χ0v) is 15.2. The average Bonchev–Trinajstić information content (AvgIpc) is 3.08. The van der Waals surface area contributed by atoms with Gasteiger partial charge in [0.05, 0.1) is 5.56 Å². The minimum absolute atomic E-state index is 0.0604. The van der Waals surface area contributed by atoms with E-state index in [-0.39, 0.29) is 11.7 Å². The van der Waals surface area contributed by atoms with Crippen molar-refractivity contribution >= 4 is 17.5 Å². The summed E-state index contributed by atoms with van der Waals surface area (Å²) >= 11 is 5.84. The number of amides is 1. The van der Waals surface area contributed by atoms with Crippen LogP contribution < -0.4 is 0 Å². The zero-order chi connectivity index (χ0) is 17.8. The summed E-state index contributed by atoms with van der Waals surface area (Å²) in [5.74, 6) is 1.32. The van der Waals surface area contributed by atoms with Crippen LogP contribution in [0.4, 0.5) is 0 Å². The number of aromatic nitrogens is 2. The maximum absolute atomic E-state index is 12.6. The summed E-state index contributed by atoms with van der Waals surface area (Å²) in [6, 6.07) is 4.63. The van der Waals surface area contributed by atoms with Crippen LogP contribution in [0.2, 0.25) is 5.02 Å². The minimum atomic E-state index is -0.137. The van der Waals surface area contributed by atoms with Crippen molar-refractivity contribution in [3.63, 3.8) is 0 Å². The SMILES string of the molecule is CCCCn1ccnc1C1CCN(C(=O)c2ccc(Cl)cc2O)CC1. The first-order chi connectivity index (χ1) is 12.1. The molecule has 25 heavy (non-hydrogen) atoms. The fourth-order valence-corrected chi connectivity index (χ4v) is 3.56. The predicted octanol–water partition coefficient (Wildman–Crippen LogP) is 4.06. The number of nitrogens with zero attached hydrogens (tertiary/aromatic N) is 3. The van der Waals surface area contributed by atoms with Crippen molar-refractivity contribution in [3.05, 3.63) is 47.0 Å². The van der Waals surface area contributed by atoms with Crippen molar-refractivity contribution < 1.29 is 9.90 Å². The largest absolute Gasteiger partial charge is 0.507 e. The van der Waals surface area contributed by atoms with Gasteiger partial charge in [-0.1, -0.05) is 24.9 Å². The summed E-state index contributed by atoms with van der Waals surface area (Å²) in [7, 11) is 0. The Bertz CT molecular complexity index is 736. The van der Waals surface area contributed by atoms with Crippen LogP contribution in [0.15, 0.2) is 30.6 Å². The number of carbonyl (C=O) groups excluding carboxylic acids is 1.